The normalized spacial score (nSPS) is 10.8. The number of aryl methyl sites for hydroxylation is 2. The molecule has 1 N–H and O–H groups in total. The molecule has 0 saturated carbocycles. The molecule has 2 aromatic rings. The summed E-state index contributed by atoms with van der Waals surface area (Å²) < 4.78 is 1.52. The molecule has 5 heteroatoms. The van der Waals surface area contributed by atoms with E-state index in [0.717, 1.165) is 10.9 Å². The number of nitrogens with zero attached hydrogens (tertiary/aromatic N) is 2. The molecule has 0 fully saturated rings. The topological polar surface area (TPSA) is 50.7 Å². The molecule has 1 heterocycles. The molecule has 2 rings (SSSR count). The Bertz CT molecular complexity index is 586. The molecular formula is C12H15N3OS. The van der Waals surface area contributed by atoms with Crippen molar-refractivity contribution >= 4 is 11.8 Å². The lowest BCUT2D eigenvalue weighted by atomic mass is 10.1. The fourth-order valence-corrected chi connectivity index (χ4v) is 2.54. The zero-order valence-electron chi connectivity index (χ0n) is 10.2. The van der Waals surface area contributed by atoms with Crippen LogP contribution >= 0.6 is 11.8 Å². The minimum atomic E-state index is -0.173. The number of aromatic amines is 1. The zero-order valence-corrected chi connectivity index (χ0v) is 11.0. The van der Waals surface area contributed by atoms with Gasteiger partial charge < -0.3 is 0 Å². The van der Waals surface area contributed by atoms with Gasteiger partial charge in [-0.15, -0.1) is 5.10 Å². The Morgan fingerprint density at radius 1 is 1.41 bits per heavy atom. The minimum Gasteiger partial charge on any atom is -0.273 e. The van der Waals surface area contributed by atoms with Crippen LogP contribution in [-0.2, 0) is 12.8 Å². The van der Waals surface area contributed by atoms with E-state index < -0.39 is 0 Å². The van der Waals surface area contributed by atoms with E-state index in [9.17, 15) is 4.79 Å². The maximum atomic E-state index is 11.2. The van der Waals surface area contributed by atoms with Crippen LogP contribution in [0, 0.1) is 13.8 Å². The predicted octanol–water partition coefficient (Wildman–Crippen LogP) is 2.02. The second kappa shape index (κ2) is 4.79. The van der Waals surface area contributed by atoms with E-state index in [0.29, 0.717) is 0 Å². The highest BCUT2D eigenvalue weighted by atomic mass is 32.2. The SMILES string of the molecule is Cc1ccc(C)c(CSc2n[nH]c(=O)n2C)c1. The van der Waals surface area contributed by atoms with Crippen molar-refractivity contribution in [3.63, 3.8) is 0 Å². The Morgan fingerprint density at radius 2 is 2.18 bits per heavy atom. The molecule has 0 bridgehead atoms. The standard InChI is InChI=1S/C12H15N3OS/c1-8-4-5-9(2)10(6-8)7-17-12-14-13-11(16)15(12)3/h4-6H,7H2,1-3H3,(H,13,16). The summed E-state index contributed by atoms with van der Waals surface area (Å²) in [5.74, 6) is 0.825. The summed E-state index contributed by atoms with van der Waals surface area (Å²) in [7, 11) is 1.72. The van der Waals surface area contributed by atoms with Gasteiger partial charge >= 0.3 is 5.69 Å². The molecule has 0 amide bonds. The van der Waals surface area contributed by atoms with Crippen LogP contribution in [0.15, 0.2) is 28.2 Å². The molecule has 0 saturated heterocycles. The van der Waals surface area contributed by atoms with Crippen LogP contribution in [0.3, 0.4) is 0 Å². The molecule has 0 radical (unpaired) electrons. The van der Waals surface area contributed by atoms with E-state index in [2.05, 4.69) is 42.2 Å². The van der Waals surface area contributed by atoms with E-state index in [1.165, 1.54) is 21.3 Å². The van der Waals surface area contributed by atoms with Crippen molar-refractivity contribution in [2.24, 2.45) is 7.05 Å². The summed E-state index contributed by atoms with van der Waals surface area (Å²) in [5.41, 5.74) is 3.63. The molecule has 1 aromatic heterocycles. The quantitative estimate of drug-likeness (QED) is 0.847. The third-order valence-electron chi connectivity index (χ3n) is 2.70. The largest absolute Gasteiger partial charge is 0.343 e. The van der Waals surface area contributed by atoms with Gasteiger partial charge in [0.2, 0.25) is 0 Å². The van der Waals surface area contributed by atoms with E-state index in [4.69, 9.17) is 0 Å². The van der Waals surface area contributed by atoms with Crippen LogP contribution in [0.4, 0.5) is 0 Å². The van der Waals surface area contributed by atoms with Gasteiger partial charge in [-0.25, -0.2) is 9.89 Å². The third kappa shape index (κ3) is 2.61. The molecule has 0 unspecified atom stereocenters. The maximum absolute atomic E-state index is 11.2. The number of hydrogen-bond donors (Lipinski definition) is 1. The van der Waals surface area contributed by atoms with E-state index in [1.807, 2.05) is 0 Å². The van der Waals surface area contributed by atoms with Gasteiger partial charge in [0.15, 0.2) is 5.16 Å². The highest BCUT2D eigenvalue weighted by Gasteiger charge is 2.06. The summed E-state index contributed by atoms with van der Waals surface area (Å²) in [6.45, 7) is 4.18. The first kappa shape index (κ1) is 12.0. The first-order valence-electron chi connectivity index (χ1n) is 5.38. The van der Waals surface area contributed by atoms with Gasteiger partial charge in [-0.2, -0.15) is 0 Å². The average molecular weight is 249 g/mol. The number of H-pyrrole nitrogens is 1. The molecule has 17 heavy (non-hydrogen) atoms. The third-order valence-corrected chi connectivity index (χ3v) is 3.78. The lowest BCUT2D eigenvalue weighted by Crippen LogP contribution is -2.12. The fraction of sp³-hybridized carbons (Fsp3) is 0.333. The molecule has 4 nitrogen and oxygen atoms in total. The molecule has 0 atom stereocenters. The number of nitrogens with one attached hydrogen (secondary N) is 1. The highest BCUT2D eigenvalue weighted by molar-refractivity contribution is 7.98. The van der Waals surface area contributed by atoms with Gasteiger partial charge in [0.05, 0.1) is 0 Å². The molecule has 0 aliphatic carbocycles. The second-order valence-corrected chi connectivity index (χ2v) is 5.03. The van der Waals surface area contributed by atoms with Crippen molar-refractivity contribution < 1.29 is 0 Å². The van der Waals surface area contributed by atoms with Crippen LogP contribution in [0.5, 0.6) is 0 Å². The average Bonchev–Trinajstić information content (AvgIpc) is 2.62. The Kier molecular flexibility index (Phi) is 3.38. The van der Waals surface area contributed by atoms with Crippen molar-refractivity contribution in [1.82, 2.24) is 14.8 Å². The molecular weight excluding hydrogens is 234 g/mol. The Balaban J connectivity index is 2.15. The van der Waals surface area contributed by atoms with Gasteiger partial charge in [-0.3, -0.25) is 4.57 Å². The van der Waals surface area contributed by atoms with Crippen molar-refractivity contribution in [2.45, 2.75) is 24.8 Å². The Labute approximate surface area is 104 Å². The highest BCUT2D eigenvalue weighted by Crippen LogP contribution is 2.22. The van der Waals surface area contributed by atoms with Gasteiger partial charge in [0.1, 0.15) is 0 Å². The monoisotopic (exact) mass is 249 g/mol. The Hall–Kier alpha value is -1.49. The van der Waals surface area contributed by atoms with Gasteiger partial charge in [0.25, 0.3) is 0 Å². The lowest BCUT2D eigenvalue weighted by Gasteiger charge is -2.06. The zero-order chi connectivity index (χ0) is 12.4. The number of thioether (sulfide) groups is 1. The van der Waals surface area contributed by atoms with Crippen molar-refractivity contribution in [2.75, 3.05) is 0 Å². The molecule has 0 aliphatic heterocycles. The van der Waals surface area contributed by atoms with Crippen LogP contribution in [0.1, 0.15) is 16.7 Å². The van der Waals surface area contributed by atoms with Crippen molar-refractivity contribution in [1.29, 1.82) is 0 Å². The van der Waals surface area contributed by atoms with Crippen LogP contribution in [0.25, 0.3) is 0 Å². The summed E-state index contributed by atoms with van der Waals surface area (Å²) in [4.78, 5) is 11.2. The maximum Gasteiger partial charge on any atom is 0.343 e. The summed E-state index contributed by atoms with van der Waals surface area (Å²) in [6.07, 6.45) is 0. The van der Waals surface area contributed by atoms with Crippen molar-refractivity contribution in [3.05, 3.63) is 45.4 Å². The van der Waals surface area contributed by atoms with Crippen LogP contribution < -0.4 is 5.69 Å². The van der Waals surface area contributed by atoms with Crippen LogP contribution in [-0.4, -0.2) is 14.8 Å². The van der Waals surface area contributed by atoms with E-state index in [-0.39, 0.29) is 5.69 Å². The Morgan fingerprint density at radius 3 is 2.82 bits per heavy atom. The second-order valence-electron chi connectivity index (χ2n) is 4.09. The van der Waals surface area contributed by atoms with Gasteiger partial charge in [-0.05, 0) is 25.0 Å². The number of aromatic nitrogens is 3. The first-order valence-corrected chi connectivity index (χ1v) is 6.37. The summed E-state index contributed by atoms with van der Waals surface area (Å²) in [6, 6.07) is 6.40. The smallest absolute Gasteiger partial charge is 0.273 e. The molecule has 1 aromatic carbocycles. The minimum absolute atomic E-state index is 0.173. The summed E-state index contributed by atoms with van der Waals surface area (Å²) >= 11 is 1.56. The van der Waals surface area contributed by atoms with Gasteiger partial charge in [0, 0.05) is 12.8 Å². The first-order chi connectivity index (χ1) is 8.08. The number of benzene rings is 1. The van der Waals surface area contributed by atoms with Gasteiger partial charge in [-0.1, -0.05) is 35.5 Å². The number of hydrogen-bond acceptors (Lipinski definition) is 3. The van der Waals surface area contributed by atoms with E-state index >= 15 is 0 Å². The lowest BCUT2D eigenvalue weighted by molar-refractivity contribution is 0.765. The fourth-order valence-electron chi connectivity index (χ4n) is 1.56. The molecule has 90 valence electrons. The number of rotatable bonds is 3. The molecule has 0 aliphatic rings. The van der Waals surface area contributed by atoms with E-state index in [1.54, 1.807) is 18.8 Å². The molecule has 0 spiro atoms. The summed E-state index contributed by atoms with van der Waals surface area (Å²) in [5, 5.41) is 7.13. The van der Waals surface area contributed by atoms with Crippen molar-refractivity contribution in [3.8, 4) is 0 Å². The van der Waals surface area contributed by atoms with Crippen LogP contribution in [0.2, 0.25) is 0 Å². The predicted molar refractivity (Wildman–Crippen MR) is 69.3 cm³/mol.